The van der Waals surface area contributed by atoms with E-state index in [2.05, 4.69) is 10.3 Å². The first-order chi connectivity index (χ1) is 8.05. The van der Waals surface area contributed by atoms with Crippen LogP contribution in [0.4, 0.5) is 0 Å². The maximum absolute atomic E-state index is 11.0. The number of hydrogen-bond acceptors (Lipinski definition) is 5. The molecule has 1 fully saturated rings. The highest BCUT2D eigenvalue weighted by Gasteiger charge is 2.15. The van der Waals surface area contributed by atoms with Gasteiger partial charge in [0, 0.05) is 6.07 Å². The average Bonchev–Trinajstić information content (AvgIpc) is 2.30. The van der Waals surface area contributed by atoms with Crippen LogP contribution >= 0.6 is 0 Å². The van der Waals surface area contributed by atoms with Gasteiger partial charge in [0.05, 0.1) is 6.20 Å². The molecule has 0 radical (unpaired) electrons. The van der Waals surface area contributed by atoms with Crippen LogP contribution < -0.4 is 15.2 Å². The number of hydrogen-bond donors (Lipinski definition) is 2. The van der Waals surface area contributed by atoms with Crippen molar-refractivity contribution in [2.45, 2.75) is 23.8 Å². The van der Waals surface area contributed by atoms with Gasteiger partial charge in [-0.2, -0.15) is 0 Å². The Kier molecular flexibility index (Phi) is 3.60. The monoisotopic (exact) mass is 257 g/mol. The van der Waals surface area contributed by atoms with Crippen LogP contribution in [-0.4, -0.2) is 32.6 Å². The van der Waals surface area contributed by atoms with E-state index in [-0.39, 0.29) is 11.0 Å². The zero-order valence-electron chi connectivity index (χ0n) is 9.30. The molecule has 1 aliphatic rings. The minimum absolute atomic E-state index is 0.00448. The van der Waals surface area contributed by atoms with Crippen molar-refractivity contribution in [2.75, 3.05) is 13.1 Å². The topological polar surface area (TPSA) is 94.3 Å². The van der Waals surface area contributed by atoms with Crippen LogP contribution in [0, 0.1) is 0 Å². The highest BCUT2D eigenvalue weighted by atomic mass is 32.2. The number of nitrogens with two attached hydrogens (primary N) is 1. The van der Waals surface area contributed by atoms with Crippen LogP contribution in [0.25, 0.3) is 0 Å². The number of sulfonamides is 1. The summed E-state index contributed by atoms with van der Waals surface area (Å²) in [4.78, 5) is 3.93. The molecule has 1 saturated heterocycles. The molecule has 1 aliphatic heterocycles. The van der Waals surface area contributed by atoms with Crippen molar-refractivity contribution in [2.24, 2.45) is 5.14 Å². The van der Waals surface area contributed by atoms with Crippen LogP contribution in [0.1, 0.15) is 12.8 Å². The molecule has 94 valence electrons. The summed E-state index contributed by atoms with van der Waals surface area (Å²) in [6.07, 6.45) is 3.22. The lowest BCUT2D eigenvalue weighted by Crippen LogP contribution is -2.34. The first-order valence-electron chi connectivity index (χ1n) is 5.42. The van der Waals surface area contributed by atoms with Gasteiger partial charge < -0.3 is 10.1 Å². The van der Waals surface area contributed by atoms with Crippen molar-refractivity contribution >= 4 is 10.0 Å². The maximum atomic E-state index is 11.0. The van der Waals surface area contributed by atoms with Gasteiger partial charge in [-0.3, -0.25) is 0 Å². The van der Waals surface area contributed by atoms with Crippen molar-refractivity contribution in [3.63, 3.8) is 0 Å². The van der Waals surface area contributed by atoms with Gasteiger partial charge in [-0.25, -0.2) is 18.5 Å². The lowest BCUT2D eigenvalue weighted by atomic mass is 10.1. The van der Waals surface area contributed by atoms with Gasteiger partial charge in [-0.05, 0) is 32.0 Å². The largest absolute Gasteiger partial charge is 0.474 e. The van der Waals surface area contributed by atoms with Crippen molar-refractivity contribution in [3.05, 3.63) is 18.3 Å². The van der Waals surface area contributed by atoms with E-state index in [1.165, 1.54) is 18.3 Å². The Morgan fingerprint density at radius 3 is 2.59 bits per heavy atom. The number of rotatable bonds is 3. The quantitative estimate of drug-likeness (QED) is 0.786. The zero-order chi connectivity index (χ0) is 12.3. The second-order valence-corrected chi connectivity index (χ2v) is 5.51. The van der Waals surface area contributed by atoms with Crippen LogP contribution in [-0.2, 0) is 10.0 Å². The molecule has 17 heavy (non-hydrogen) atoms. The number of nitrogens with one attached hydrogen (secondary N) is 1. The molecule has 1 aromatic rings. The molecule has 0 aliphatic carbocycles. The van der Waals surface area contributed by atoms with Gasteiger partial charge in [0.1, 0.15) is 11.0 Å². The van der Waals surface area contributed by atoms with Gasteiger partial charge >= 0.3 is 0 Å². The number of ether oxygens (including phenoxy) is 1. The van der Waals surface area contributed by atoms with E-state index in [1.54, 1.807) is 0 Å². The van der Waals surface area contributed by atoms with Crippen molar-refractivity contribution in [1.29, 1.82) is 0 Å². The molecule has 3 N–H and O–H groups in total. The van der Waals surface area contributed by atoms with E-state index in [0.717, 1.165) is 25.9 Å². The minimum atomic E-state index is -3.68. The fourth-order valence-electron chi connectivity index (χ4n) is 1.69. The highest BCUT2D eigenvalue weighted by molar-refractivity contribution is 7.89. The summed E-state index contributed by atoms with van der Waals surface area (Å²) in [5.74, 6) is 0.435. The zero-order valence-corrected chi connectivity index (χ0v) is 10.1. The molecule has 0 aromatic carbocycles. The van der Waals surface area contributed by atoms with E-state index in [4.69, 9.17) is 9.88 Å². The Labute approximate surface area is 100 Å². The van der Waals surface area contributed by atoms with Gasteiger partial charge in [0.25, 0.3) is 0 Å². The molecule has 6 nitrogen and oxygen atoms in total. The summed E-state index contributed by atoms with van der Waals surface area (Å²) >= 11 is 0. The molecule has 1 aromatic heterocycles. The Balaban J connectivity index is 2.03. The molecule has 2 rings (SSSR count). The fourth-order valence-corrected chi connectivity index (χ4v) is 2.15. The SMILES string of the molecule is NS(=O)(=O)c1ccc(OC2CCNCC2)nc1. The number of piperidine rings is 1. The summed E-state index contributed by atoms with van der Waals surface area (Å²) in [6.45, 7) is 1.86. The second kappa shape index (κ2) is 4.99. The third kappa shape index (κ3) is 3.39. The van der Waals surface area contributed by atoms with Crippen LogP contribution in [0.5, 0.6) is 5.88 Å². The normalized spacial score (nSPS) is 17.9. The van der Waals surface area contributed by atoms with E-state index in [1.807, 2.05) is 0 Å². The van der Waals surface area contributed by atoms with E-state index >= 15 is 0 Å². The number of primary sulfonamides is 1. The highest BCUT2D eigenvalue weighted by Crippen LogP contribution is 2.15. The summed E-state index contributed by atoms with van der Waals surface area (Å²) in [5, 5.41) is 8.21. The Morgan fingerprint density at radius 1 is 1.35 bits per heavy atom. The van der Waals surface area contributed by atoms with Crippen LogP contribution in [0.3, 0.4) is 0 Å². The van der Waals surface area contributed by atoms with Crippen molar-refractivity contribution in [3.8, 4) is 5.88 Å². The predicted octanol–water partition coefficient (Wildman–Crippen LogP) is -0.140. The Hall–Kier alpha value is -1.18. The molecule has 0 bridgehead atoms. The smallest absolute Gasteiger partial charge is 0.239 e. The van der Waals surface area contributed by atoms with E-state index in [9.17, 15) is 8.42 Å². The third-order valence-electron chi connectivity index (χ3n) is 2.61. The summed E-state index contributed by atoms with van der Waals surface area (Å²) in [7, 11) is -3.68. The number of aromatic nitrogens is 1. The maximum Gasteiger partial charge on any atom is 0.239 e. The first-order valence-corrected chi connectivity index (χ1v) is 6.96. The summed E-state index contributed by atoms with van der Waals surface area (Å²) in [6, 6.07) is 2.93. The van der Waals surface area contributed by atoms with E-state index in [0.29, 0.717) is 5.88 Å². The van der Waals surface area contributed by atoms with Crippen molar-refractivity contribution < 1.29 is 13.2 Å². The molecule has 2 heterocycles. The Morgan fingerprint density at radius 2 is 2.06 bits per heavy atom. The molecule has 0 spiro atoms. The minimum Gasteiger partial charge on any atom is -0.474 e. The van der Waals surface area contributed by atoms with Gasteiger partial charge in [0.15, 0.2) is 0 Å². The lowest BCUT2D eigenvalue weighted by Gasteiger charge is -2.23. The van der Waals surface area contributed by atoms with Crippen LogP contribution in [0.2, 0.25) is 0 Å². The molecule has 0 atom stereocenters. The Bertz CT molecular complexity index is 466. The van der Waals surface area contributed by atoms with Crippen molar-refractivity contribution in [1.82, 2.24) is 10.3 Å². The molecule has 0 unspecified atom stereocenters. The fraction of sp³-hybridized carbons (Fsp3) is 0.500. The average molecular weight is 257 g/mol. The number of nitrogens with zero attached hydrogens (tertiary/aromatic N) is 1. The van der Waals surface area contributed by atoms with Gasteiger partial charge in [-0.15, -0.1) is 0 Å². The summed E-state index contributed by atoms with van der Waals surface area (Å²) < 4.78 is 27.7. The van der Waals surface area contributed by atoms with Gasteiger partial charge in [-0.1, -0.05) is 0 Å². The third-order valence-corrected chi connectivity index (χ3v) is 3.51. The molecular formula is C10H15N3O3S. The second-order valence-electron chi connectivity index (χ2n) is 3.94. The summed E-state index contributed by atoms with van der Waals surface area (Å²) in [5.41, 5.74) is 0. The number of pyridine rings is 1. The predicted molar refractivity (Wildman–Crippen MR) is 62.1 cm³/mol. The van der Waals surface area contributed by atoms with Gasteiger partial charge in [0.2, 0.25) is 15.9 Å². The first kappa shape index (κ1) is 12.3. The van der Waals surface area contributed by atoms with Crippen LogP contribution in [0.15, 0.2) is 23.2 Å². The van der Waals surface area contributed by atoms with E-state index < -0.39 is 10.0 Å². The lowest BCUT2D eigenvalue weighted by molar-refractivity contribution is 0.156. The molecule has 7 heteroatoms. The molecule has 0 amide bonds. The molecular weight excluding hydrogens is 242 g/mol. The standard InChI is InChI=1S/C10H15N3O3S/c11-17(14,15)9-1-2-10(13-7-9)16-8-3-5-12-6-4-8/h1-2,7-8,12H,3-6H2,(H2,11,14,15). The molecule has 0 saturated carbocycles.